The summed E-state index contributed by atoms with van der Waals surface area (Å²) in [4.78, 5) is 12.8. The summed E-state index contributed by atoms with van der Waals surface area (Å²) in [6, 6.07) is 12.1. The van der Waals surface area contributed by atoms with Crippen molar-refractivity contribution in [1.29, 1.82) is 0 Å². The van der Waals surface area contributed by atoms with Gasteiger partial charge in [0.25, 0.3) is 5.91 Å². The number of carbonyl (C=O) groups is 1. The predicted octanol–water partition coefficient (Wildman–Crippen LogP) is 4.24. The van der Waals surface area contributed by atoms with Crippen LogP contribution in [-0.4, -0.2) is 35.2 Å². The number of nitrogens with zero attached hydrogens (tertiary/aromatic N) is 2. The van der Waals surface area contributed by atoms with Gasteiger partial charge >= 0.3 is 6.18 Å². The first-order valence-electron chi connectivity index (χ1n) is 10.5. The molecule has 3 heterocycles. The van der Waals surface area contributed by atoms with Crippen molar-refractivity contribution < 1.29 is 27.4 Å². The van der Waals surface area contributed by atoms with Gasteiger partial charge in [0, 0.05) is 13.0 Å². The molecule has 0 saturated carbocycles. The van der Waals surface area contributed by atoms with E-state index < -0.39 is 24.2 Å². The van der Waals surface area contributed by atoms with Crippen molar-refractivity contribution in [2.45, 2.75) is 31.1 Å². The summed E-state index contributed by atoms with van der Waals surface area (Å²) >= 11 is 0. The fourth-order valence-corrected chi connectivity index (χ4v) is 4.14. The van der Waals surface area contributed by atoms with Gasteiger partial charge in [0.05, 0.1) is 12.2 Å². The number of aromatic nitrogens is 2. The summed E-state index contributed by atoms with van der Waals surface area (Å²) in [6.45, 7) is 0.421. The van der Waals surface area contributed by atoms with Crippen LogP contribution in [0, 0.1) is 0 Å². The lowest BCUT2D eigenvalue weighted by molar-refractivity contribution is -0.173. The lowest BCUT2D eigenvalue weighted by Crippen LogP contribution is -2.36. The fourth-order valence-electron chi connectivity index (χ4n) is 4.14. The first-order valence-corrected chi connectivity index (χ1v) is 10.5. The van der Waals surface area contributed by atoms with Crippen molar-refractivity contribution in [1.82, 2.24) is 15.1 Å². The minimum atomic E-state index is -4.53. The van der Waals surface area contributed by atoms with Crippen LogP contribution in [0.25, 0.3) is 0 Å². The van der Waals surface area contributed by atoms with Crippen LogP contribution in [0.15, 0.2) is 54.7 Å². The van der Waals surface area contributed by atoms with E-state index in [1.165, 1.54) is 6.20 Å². The van der Waals surface area contributed by atoms with E-state index in [1.54, 1.807) is 18.2 Å². The quantitative estimate of drug-likeness (QED) is 0.598. The maximum Gasteiger partial charge on any atom is 0.410 e. The van der Waals surface area contributed by atoms with E-state index in [1.807, 2.05) is 30.3 Å². The average molecular weight is 458 g/mol. The first kappa shape index (κ1) is 21.2. The monoisotopic (exact) mass is 458 g/mol. The number of nitrogens with one attached hydrogen (secondary N) is 2. The minimum Gasteiger partial charge on any atom is -0.454 e. The second-order valence-corrected chi connectivity index (χ2v) is 7.95. The van der Waals surface area contributed by atoms with Gasteiger partial charge in [0.1, 0.15) is 11.4 Å². The molecule has 3 aromatic rings. The third-order valence-electron chi connectivity index (χ3n) is 5.82. The summed E-state index contributed by atoms with van der Waals surface area (Å²) in [7, 11) is 0. The van der Waals surface area contributed by atoms with E-state index in [-0.39, 0.29) is 24.6 Å². The molecule has 1 aromatic heterocycles. The van der Waals surface area contributed by atoms with Crippen LogP contribution in [0.5, 0.6) is 11.5 Å². The average Bonchev–Trinajstić information content (AvgIpc) is 3.44. The Morgan fingerprint density at radius 2 is 1.94 bits per heavy atom. The van der Waals surface area contributed by atoms with Crippen molar-refractivity contribution in [2.75, 3.05) is 18.7 Å². The molecule has 10 heteroatoms. The van der Waals surface area contributed by atoms with Crippen molar-refractivity contribution in [3.63, 3.8) is 0 Å². The number of anilines is 1. The van der Waals surface area contributed by atoms with E-state index in [9.17, 15) is 18.0 Å². The molecule has 0 aliphatic carbocycles. The zero-order valence-electron chi connectivity index (χ0n) is 17.4. The SMILES string of the molecule is O=C(NCCc1ccccc1)c1cnn2c1N[C@@H](c1ccc3c(c1)OCO3)C[C@@H]2C(F)(F)F. The molecule has 7 nitrogen and oxygen atoms in total. The first-order chi connectivity index (χ1) is 15.9. The number of hydrogen-bond acceptors (Lipinski definition) is 5. The smallest absolute Gasteiger partial charge is 0.410 e. The Balaban J connectivity index is 1.38. The zero-order chi connectivity index (χ0) is 23.0. The predicted molar refractivity (Wildman–Crippen MR) is 113 cm³/mol. The molecule has 0 unspecified atom stereocenters. The largest absolute Gasteiger partial charge is 0.454 e. The highest BCUT2D eigenvalue weighted by Crippen LogP contribution is 2.45. The van der Waals surface area contributed by atoms with E-state index >= 15 is 0 Å². The molecule has 0 fully saturated rings. The number of halogens is 3. The van der Waals surface area contributed by atoms with E-state index in [2.05, 4.69) is 15.7 Å². The van der Waals surface area contributed by atoms with Gasteiger partial charge in [0.2, 0.25) is 6.79 Å². The summed E-state index contributed by atoms with van der Waals surface area (Å²) in [5.74, 6) is 0.594. The minimum absolute atomic E-state index is 0.0449. The molecule has 172 valence electrons. The Labute approximate surface area is 187 Å². The number of fused-ring (bicyclic) bond motifs is 2. The molecule has 2 aromatic carbocycles. The van der Waals surface area contributed by atoms with Gasteiger partial charge in [-0.1, -0.05) is 36.4 Å². The van der Waals surface area contributed by atoms with Crippen LogP contribution < -0.4 is 20.1 Å². The lowest BCUT2D eigenvalue weighted by Gasteiger charge is -2.34. The highest BCUT2D eigenvalue weighted by molar-refractivity contribution is 5.98. The number of carbonyl (C=O) groups excluding carboxylic acids is 1. The molecule has 2 aliphatic heterocycles. The normalized spacial score (nSPS) is 19.0. The molecular weight excluding hydrogens is 437 g/mol. The number of benzene rings is 2. The Bertz CT molecular complexity index is 1160. The summed E-state index contributed by atoms with van der Waals surface area (Å²) in [5.41, 5.74) is 1.73. The Morgan fingerprint density at radius 3 is 2.73 bits per heavy atom. The van der Waals surface area contributed by atoms with Crippen LogP contribution in [0.2, 0.25) is 0 Å². The number of hydrogen-bond donors (Lipinski definition) is 2. The number of alkyl halides is 3. The molecule has 2 atom stereocenters. The van der Waals surface area contributed by atoms with Gasteiger partial charge in [-0.3, -0.25) is 4.79 Å². The van der Waals surface area contributed by atoms with E-state index in [0.29, 0.717) is 30.0 Å². The lowest BCUT2D eigenvalue weighted by atomic mass is 9.96. The molecule has 0 bridgehead atoms. The third kappa shape index (κ3) is 4.20. The van der Waals surface area contributed by atoms with Crippen LogP contribution in [0.4, 0.5) is 19.0 Å². The van der Waals surface area contributed by atoms with Crippen LogP contribution in [0.3, 0.4) is 0 Å². The van der Waals surface area contributed by atoms with Gasteiger partial charge in [-0.25, -0.2) is 4.68 Å². The summed E-state index contributed by atoms with van der Waals surface area (Å²) < 4.78 is 53.2. The highest BCUT2D eigenvalue weighted by atomic mass is 19.4. The van der Waals surface area contributed by atoms with Crippen molar-refractivity contribution in [3.8, 4) is 11.5 Å². The standard InChI is InChI=1S/C23H21F3N4O3/c24-23(25,26)20-11-17(15-6-7-18-19(10-15)33-13-32-18)29-21-16(12-28-30(20)21)22(31)27-9-8-14-4-2-1-3-5-14/h1-7,10,12,17,20,29H,8-9,11,13H2,(H,27,31)/t17-,20-/m1/s1. The van der Waals surface area contributed by atoms with Gasteiger partial charge in [-0.2, -0.15) is 18.3 Å². The summed E-state index contributed by atoms with van der Waals surface area (Å²) in [5, 5.41) is 9.77. The third-order valence-corrected chi connectivity index (χ3v) is 5.82. The van der Waals surface area contributed by atoms with E-state index in [4.69, 9.17) is 9.47 Å². The van der Waals surface area contributed by atoms with Gasteiger partial charge in [0.15, 0.2) is 17.5 Å². The van der Waals surface area contributed by atoms with Crippen molar-refractivity contribution in [2.24, 2.45) is 0 Å². The second kappa shape index (κ2) is 8.34. The maximum absolute atomic E-state index is 13.9. The molecular formula is C23H21F3N4O3. The number of ether oxygens (including phenoxy) is 2. The topological polar surface area (TPSA) is 77.4 Å². The molecule has 5 rings (SSSR count). The zero-order valence-corrected chi connectivity index (χ0v) is 17.4. The van der Waals surface area contributed by atoms with Gasteiger partial charge in [-0.15, -0.1) is 0 Å². The summed E-state index contributed by atoms with van der Waals surface area (Å²) in [6.07, 6.45) is -3.01. The van der Waals surface area contributed by atoms with Crippen molar-refractivity contribution in [3.05, 3.63) is 71.4 Å². The molecule has 2 aliphatic rings. The Kier molecular flexibility index (Phi) is 5.35. The van der Waals surface area contributed by atoms with Crippen LogP contribution in [-0.2, 0) is 6.42 Å². The maximum atomic E-state index is 13.9. The van der Waals surface area contributed by atoms with Crippen molar-refractivity contribution >= 4 is 11.7 Å². The van der Waals surface area contributed by atoms with Crippen LogP contribution >= 0.6 is 0 Å². The second-order valence-electron chi connectivity index (χ2n) is 7.95. The molecule has 0 radical (unpaired) electrons. The molecule has 33 heavy (non-hydrogen) atoms. The number of amides is 1. The van der Waals surface area contributed by atoms with Gasteiger partial charge in [-0.05, 0) is 29.7 Å². The Morgan fingerprint density at radius 1 is 1.15 bits per heavy atom. The molecule has 0 spiro atoms. The van der Waals surface area contributed by atoms with E-state index in [0.717, 1.165) is 10.2 Å². The van der Waals surface area contributed by atoms with Gasteiger partial charge < -0.3 is 20.1 Å². The number of rotatable bonds is 5. The molecule has 0 saturated heterocycles. The van der Waals surface area contributed by atoms with Crippen LogP contribution in [0.1, 0.15) is 40.0 Å². The Hall–Kier alpha value is -3.69. The highest BCUT2D eigenvalue weighted by Gasteiger charge is 2.47. The molecule has 2 N–H and O–H groups in total. The fraction of sp³-hybridized carbons (Fsp3) is 0.304. The molecule has 1 amide bonds.